The number of carbonyl (C=O) groups is 2. The summed E-state index contributed by atoms with van der Waals surface area (Å²) < 4.78 is 4.70. The smallest absolute Gasteiger partial charge is 0.246 e. The molecule has 1 saturated carbocycles. The Kier molecular flexibility index (Phi) is 3.65. The van der Waals surface area contributed by atoms with Crippen LogP contribution in [0.4, 0.5) is 0 Å². The van der Waals surface area contributed by atoms with Crippen LogP contribution in [-0.4, -0.2) is 45.5 Å². The Labute approximate surface area is 123 Å². The highest BCUT2D eigenvalue weighted by atomic mass is 16.5. The maximum absolute atomic E-state index is 12.7. The van der Waals surface area contributed by atoms with Crippen LogP contribution < -0.4 is 5.32 Å². The predicted molar refractivity (Wildman–Crippen MR) is 73.0 cm³/mol. The van der Waals surface area contributed by atoms with Crippen molar-refractivity contribution in [2.24, 2.45) is 11.8 Å². The van der Waals surface area contributed by atoms with Gasteiger partial charge < -0.3 is 14.7 Å². The van der Waals surface area contributed by atoms with E-state index < -0.39 is 6.04 Å². The Balaban J connectivity index is 1.76. The summed E-state index contributed by atoms with van der Waals surface area (Å²) in [6.07, 6.45) is 3.80. The van der Waals surface area contributed by atoms with Crippen LogP contribution in [0.3, 0.4) is 0 Å². The van der Waals surface area contributed by atoms with Gasteiger partial charge in [0.2, 0.25) is 18.2 Å². The summed E-state index contributed by atoms with van der Waals surface area (Å²) in [6, 6.07) is -0.767. The maximum Gasteiger partial charge on any atom is 0.246 e. The van der Waals surface area contributed by atoms with E-state index in [0.717, 1.165) is 12.8 Å². The van der Waals surface area contributed by atoms with Crippen LogP contribution in [-0.2, 0) is 16.0 Å². The summed E-state index contributed by atoms with van der Waals surface area (Å²) in [5.74, 6) is 0.912. The molecule has 0 aromatic carbocycles. The molecule has 1 aliphatic heterocycles. The van der Waals surface area contributed by atoms with E-state index in [1.807, 2.05) is 13.8 Å². The molecule has 1 N–H and O–H groups in total. The van der Waals surface area contributed by atoms with Crippen LogP contribution in [0.5, 0.6) is 0 Å². The second-order valence-electron chi connectivity index (χ2n) is 6.14. The van der Waals surface area contributed by atoms with Crippen molar-refractivity contribution in [3.63, 3.8) is 0 Å². The number of piperazine rings is 1. The van der Waals surface area contributed by atoms with Gasteiger partial charge in [0.05, 0.1) is 0 Å². The number of hydrogen-bond acceptors (Lipinski definition) is 5. The first-order valence-corrected chi connectivity index (χ1v) is 7.44. The Morgan fingerprint density at radius 1 is 1.43 bits per heavy atom. The molecule has 1 aromatic heterocycles. The number of hydrogen-bond donors (Lipinski definition) is 1. The Morgan fingerprint density at radius 3 is 2.76 bits per heavy atom. The van der Waals surface area contributed by atoms with Crippen molar-refractivity contribution in [3.05, 3.63) is 12.2 Å². The molecule has 1 aliphatic carbocycles. The quantitative estimate of drug-likeness (QED) is 0.847. The second kappa shape index (κ2) is 5.46. The largest absolute Gasteiger partial charge is 0.343 e. The number of amides is 2. The van der Waals surface area contributed by atoms with Gasteiger partial charge in [-0.2, -0.15) is 4.98 Å². The van der Waals surface area contributed by atoms with Crippen LogP contribution in [0, 0.1) is 11.8 Å². The van der Waals surface area contributed by atoms with E-state index >= 15 is 0 Å². The zero-order chi connectivity index (χ0) is 15.0. The first kappa shape index (κ1) is 14.0. The minimum absolute atomic E-state index is 0.0271. The van der Waals surface area contributed by atoms with E-state index in [1.165, 1.54) is 6.39 Å². The zero-order valence-electron chi connectivity index (χ0n) is 12.3. The Hall–Kier alpha value is -1.92. The molecular weight excluding hydrogens is 272 g/mol. The Bertz CT molecular complexity index is 524. The van der Waals surface area contributed by atoms with Gasteiger partial charge in [-0.25, -0.2) is 0 Å². The maximum atomic E-state index is 12.7. The number of nitrogens with zero attached hydrogens (tertiary/aromatic N) is 3. The molecule has 1 aromatic rings. The van der Waals surface area contributed by atoms with Crippen molar-refractivity contribution in [2.45, 2.75) is 45.2 Å². The third kappa shape index (κ3) is 2.77. The molecule has 2 fully saturated rings. The molecule has 0 spiro atoms. The van der Waals surface area contributed by atoms with Crippen LogP contribution in [0.25, 0.3) is 0 Å². The lowest BCUT2D eigenvalue weighted by Crippen LogP contribution is -2.65. The second-order valence-corrected chi connectivity index (χ2v) is 6.14. The van der Waals surface area contributed by atoms with Crippen molar-refractivity contribution in [1.29, 1.82) is 0 Å². The van der Waals surface area contributed by atoms with Gasteiger partial charge in [0.1, 0.15) is 12.1 Å². The van der Waals surface area contributed by atoms with Gasteiger partial charge in [0.15, 0.2) is 5.82 Å². The van der Waals surface area contributed by atoms with Crippen LogP contribution in [0.1, 0.15) is 32.5 Å². The monoisotopic (exact) mass is 292 g/mol. The molecule has 0 radical (unpaired) electrons. The van der Waals surface area contributed by atoms with Crippen LogP contribution in [0.15, 0.2) is 10.9 Å². The van der Waals surface area contributed by atoms with Gasteiger partial charge in [-0.05, 0) is 24.7 Å². The standard InChI is InChI=1S/C14H20N4O3/c1-8(2)12-13(19)16-11(9-3-4-9)14(20)18(12)6-5-10-15-7-21-17-10/h7-9,11-12H,3-6H2,1-2H3,(H,16,19). The van der Waals surface area contributed by atoms with Crippen molar-refractivity contribution in [2.75, 3.05) is 6.54 Å². The zero-order valence-corrected chi connectivity index (χ0v) is 12.3. The molecule has 2 unspecified atom stereocenters. The van der Waals surface area contributed by atoms with E-state index in [0.29, 0.717) is 24.7 Å². The normalized spacial score (nSPS) is 26.3. The molecule has 2 heterocycles. The van der Waals surface area contributed by atoms with Gasteiger partial charge >= 0.3 is 0 Å². The van der Waals surface area contributed by atoms with E-state index in [9.17, 15) is 9.59 Å². The molecule has 2 amide bonds. The van der Waals surface area contributed by atoms with E-state index in [1.54, 1.807) is 4.90 Å². The fraction of sp³-hybridized carbons (Fsp3) is 0.714. The summed E-state index contributed by atoms with van der Waals surface area (Å²) in [6.45, 7) is 4.35. The van der Waals surface area contributed by atoms with Crippen LogP contribution in [0.2, 0.25) is 0 Å². The molecular formula is C14H20N4O3. The van der Waals surface area contributed by atoms with E-state index in [2.05, 4.69) is 15.5 Å². The first-order chi connectivity index (χ1) is 10.1. The molecule has 21 heavy (non-hydrogen) atoms. The molecule has 3 rings (SSSR count). The fourth-order valence-electron chi connectivity index (χ4n) is 2.94. The minimum atomic E-state index is -0.417. The van der Waals surface area contributed by atoms with Crippen LogP contribution >= 0.6 is 0 Å². The van der Waals surface area contributed by atoms with Crippen molar-refractivity contribution < 1.29 is 14.1 Å². The van der Waals surface area contributed by atoms with Gasteiger partial charge in [-0.1, -0.05) is 19.0 Å². The average molecular weight is 292 g/mol. The Morgan fingerprint density at radius 2 is 2.19 bits per heavy atom. The highest BCUT2D eigenvalue weighted by Crippen LogP contribution is 2.35. The predicted octanol–water partition coefficient (Wildman–Crippen LogP) is 0.374. The summed E-state index contributed by atoms with van der Waals surface area (Å²) in [5, 5.41) is 6.66. The number of rotatable bonds is 5. The number of nitrogens with one attached hydrogen (secondary N) is 1. The van der Waals surface area contributed by atoms with Crippen molar-refractivity contribution >= 4 is 11.8 Å². The summed E-state index contributed by atoms with van der Waals surface area (Å²) in [4.78, 5) is 30.7. The SMILES string of the molecule is CC(C)C1C(=O)NC(C2CC2)C(=O)N1CCc1ncon1. The molecule has 7 nitrogen and oxygen atoms in total. The lowest BCUT2D eigenvalue weighted by atomic mass is 9.95. The minimum Gasteiger partial charge on any atom is -0.343 e. The van der Waals surface area contributed by atoms with Crippen molar-refractivity contribution in [1.82, 2.24) is 20.4 Å². The van der Waals surface area contributed by atoms with Gasteiger partial charge in [0.25, 0.3) is 0 Å². The van der Waals surface area contributed by atoms with Crippen molar-refractivity contribution in [3.8, 4) is 0 Å². The van der Waals surface area contributed by atoms with Gasteiger partial charge in [-0.3, -0.25) is 9.59 Å². The summed E-state index contributed by atoms with van der Waals surface area (Å²) in [5.41, 5.74) is 0. The highest BCUT2D eigenvalue weighted by molar-refractivity contribution is 5.97. The van der Waals surface area contributed by atoms with E-state index in [4.69, 9.17) is 4.52 Å². The first-order valence-electron chi connectivity index (χ1n) is 7.44. The molecule has 7 heteroatoms. The third-order valence-corrected chi connectivity index (χ3v) is 4.16. The molecule has 2 aliphatic rings. The molecule has 0 bridgehead atoms. The molecule has 1 saturated heterocycles. The summed E-state index contributed by atoms with van der Waals surface area (Å²) in [7, 11) is 0. The fourth-order valence-corrected chi connectivity index (χ4v) is 2.94. The lowest BCUT2D eigenvalue weighted by Gasteiger charge is -2.40. The summed E-state index contributed by atoms with van der Waals surface area (Å²) >= 11 is 0. The van der Waals surface area contributed by atoms with Gasteiger partial charge in [-0.15, -0.1) is 0 Å². The average Bonchev–Trinajstić information content (AvgIpc) is 3.15. The number of aromatic nitrogens is 2. The lowest BCUT2D eigenvalue weighted by molar-refractivity contribution is -0.151. The topological polar surface area (TPSA) is 88.3 Å². The third-order valence-electron chi connectivity index (χ3n) is 4.16. The van der Waals surface area contributed by atoms with Gasteiger partial charge in [0, 0.05) is 13.0 Å². The highest BCUT2D eigenvalue weighted by Gasteiger charge is 2.47. The molecule has 114 valence electrons. The molecule has 2 atom stereocenters. The number of carbonyl (C=O) groups excluding carboxylic acids is 2. The van der Waals surface area contributed by atoms with E-state index in [-0.39, 0.29) is 23.8 Å².